The van der Waals surface area contributed by atoms with Crippen molar-refractivity contribution < 1.29 is 4.74 Å². The van der Waals surface area contributed by atoms with Crippen LogP contribution in [0.25, 0.3) is 20.7 Å². The highest BCUT2D eigenvalue weighted by Gasteiger charge is 2.17. The van der Waals surface area contributed by atoms with E-state index in [0.717, 1.165) is 37.6 Å². The number of hydrogen-bond donors (Lipinski definition) is 0. The molecule has 4 rings (SSSR count). The number of fused-ring (bicyclic) bond motifs is 1. The van der Waals surface area contributed by atoms with Crippen LogP contribution in [0.2, 0.25) is 0 Å². The molecule has 0 atom stereocenters. The third kappa shape index (κ3) is 2.39. The quantitative estimate of drug-likeness (QED) is 0.728. The van der Waals surface area contributed by atoms with Crippen molar-refractivity contribution in [2.45, 2.75) is 0 Å². The minimum atomic E-state index is 0.766. The SMILES string of the molecule is c1ccc(-c2cc3ncnc(N4CCOCC4)c3s2)cc1. The van der Waals surface area contributed by atoms with Crippen molar-refractivity contribution in [2.75, 3.05) is 31.2 Å². The van der Waals surface area contributed by atoms with E-state index in [9.17, 15) is 0 Å². The monoisotopic (exact) mass is 297 g/mol. The molecule has 0 spiro atoms. The van der Waals surface area contributed by atoms with Crippen LogP contribution in [0.3, 0.4) is 0 Å². The van der Waals surface area contributed by atoms with Gasteiger partial charge in [-0.1, -0.05) is 30.3 Å². The van der Waals surface area contributed by atoms with Crippen molar-refractivity contribution >= 4 is 27.4 Å². The van der Waals surface area contributed by atoms with E-state index in [1.54, 1.807) is 17.7 Å². The zero-order valence-corrected chi connectivity index (χ0v) is 12.3. The molecule has 1 aliphatic heterocycles. The molecule has 3 heterocycles. The van der Waals surface area contributed by atoms with Gasteiger partial charge in [0.25, 0.3) is 0 Å². The predicted molar refractivity (Wildman–Crippen MR) is 85.9 cm³/mol. The van der Waals surface area contributed by atoms with E-state index in [2.05, 4.69) is 45.2 Å². The molecule has 0 radical (unpaired) electrons. The molecule has 3 aromatic rings. The minimum Gasteiger partial charge on any atom is -0.378 e. The van der Waals surface area contributed by atoms with Gasteiger partial charge in [-0.25, -0.2) is 9.97 Å². The van der Waals surface area contributed by atoms with Gasteiger partial charge in [-0.3, -0.25) is 0 Å². The summed E-state index contributed by atoms with van der Waals surface area (Å²) in [5.41, 5.74) is 2.25. The lowest BCUT2D eigenvalue weighted by Crippen LogP contribution is -2.36. The Balaban J connectivity index is 1.80. The van der Waals surface area contributed by atoms with Crippen molar-refractivity contribution in [1.29, 1.82) is 0 Å². The van der Waals surface area contributed by atoms with Crippen molar-refractivity contribution in [3.63, 3.8) is 0 Å². The molecule has 0 unspecified atom stereocenters. The van der Waals surface area contributed by atoms with Crippen molar-refractivity contribution in [3.05, 3.63) is 42.7 Å². The summed E-state index contributed by atoms with van der Waals surface area (Å²) in [6.07, 6.45) is 1.66. The second-order valence-electron chi connectivity index (χ2n) is 4.99. The van der Waals surface area contributed by atoms with Crippen LogP contribution in [0.15, 0.2) is 42.7 Å². The molecular formula is C16H15N3OS. The van der Waals surface area contributed by atoms with Gasteiger partial charge in [0.2, 0.25) is 0 Å². The maximum atomic E-state index is 5.43. The number of aromatic nitrogens is 2. The van der Waals surface area contributed by atoms with Gasteiger partial charge in [0.1, 0.15) is 12.1 Å². The first kappa shape index (κ1) is 12.7. The maximum absolute atomic E-state index is 5.43. The number of thiophene rings is 1. The predicted octanol–water partition coefficient (Wildman–Crippen LogP) is 3.19. The lowest BCUT2D eigenvalue weighted by molar-refractivity contribution is 0.122. The molecule has 1 fully saturated rings. The maximum Gasteiger partial charge on any atom is 0.150 e. The van der Waals surface area contributed by atoms with E-state index in [-0.39, 0.29) is 0 Å². The van der Waals surface area contributed by atoms with Crippen LogP contribution < -0.4 is 4.90 Å². The number of nitrogens with zero attached hydrogens (tertiary/aromatic N) is 3. The molecule has 21 heavy (non-hydrogen) atoms. The van der Waals surface area contributed by atoms with E-state index < -0.39 is 0 Å². The van der Waals surface area contributed by atoms with E-state index in [1.165, 1.54) is 15.1 Å². The molecule has 106 valence electrons. The fraction of sp³-hybridized carbons (Fsp3) is 0.250. The number of anilines is 1. The molecule has 0 amide bonds. The van der Waals surface area contributed by atoms with Gasteiger partial charge < -0.3 is 9.64 Å². The van der Waals surface area contributed by atoms with E-state index in [0.29, 0.717) is 0 Å². The smallest absolute Gasteiger partial charge is 0.150 e. The number of hydrogen-bond acceptors (Lipinski definition) is 5. The van der Waals surface area contributed by atoms with Crippen LogP contribution >= 0.6 is 11.3 Å². The van der Waals surface area contributed by atoms with Gasteiger partial charge in [0.05, 0.1) is 23.4 Å². The average Bonchev–Trinajstić information content (AvgIpc) is 3.00. The summed E-state index contributed by atoms with van der Waals surface area (Å²) in [7, 11) is 0. The van der Waals surface area contributed by atoms with Gasteiger partial charge in [-0.05, 0) is 11.6 Å². The number of rotatable bonds is 2. The fourth-order valence-electron chi connectivity index (χ4n) is 2.59. The standard InChI is InChI=1S/C16H15N3OS/c1-2-4-12(5-3-1)14-10-13-15(21-14)16(18-11-17-13)19-6-8-20-9-7-19/h1-5,10-11H,6-9H2. The Morgan fingerprint density at radius 2 is 1.86 bits per heavy atom. The summed E-state index contributed by atoms with van der Waals surface area (Å²) in [4.78, 5) is 12.5. The average molecular weight is 297 g/mol. The Kier molecular flexibility index (Phi) is 3.29. The normalized spacial score (nSPS) is 15.5. The Labute approximate surface area is 127 Å². The molecule has 0 saturated carbocycles. The second-order valence-corrected chi connectivity index (χ2v) is 6.04. The molecule has 2 aromatic heterocycles. The van der Waals surface area contributed by atoms with E-state index in [4.69, 9.17) is 4.74 Å². The zero-order valence-electron chi connectivity index (χ0n) is 11.5. The Hall–Kier alpha value is -1.98. The van der Waals surface area contributed by atoms with Gasteiger partial charge >= 0.3 is 0 Å². The summed E-state index contributed by atoms with van der Waals surface area (Å²) < 4.78 is 6.59. The Bertz CT molecular complexity index is 751. The van der Waals surface area contributed by atoms with Crippen LogP contribution in [0.4, 0.5) is 5.82 Å². The highest BCUT2D eigenvalue weighted by molar-refractivity contribution is 7.22. The fourth-order valence-corrected chi connectivity index (χ4v) is 3.72. The molecule has 0 N–H and O–H groups in total. The number of benzene rings is 1. The lowest BCUT2D eigenvalue weighted by Gasteiger charge is -2.27. The third-order valence-corrected chi connectivity index (χ3v) is 4.83. The van der Waals surface area contributed by atoms with Crippen molar-refractivity contribution in [2.24, 2.45) is 0 Å². The molecule has 0 aliphatic carbocycles. The van der Waals surface area contributed by atoms with Crippen LogP contribution in [0.5, 0.6) is 0 Å². The van der Waals surface area contributed by atoms with E-state index in [1.807, 2.05) is 6.07 Å². The topological polar surface area (TPSA) is 38.2 Å². The largest absolute Gasteiger partial charge is 0.378 e. The summed E-state index contributed by atoms with van der Waals surface area (Å²) in [6, 6.07) is 12.6. The Morgan fingerprint density at radius 3 is 2.67 bits per heavy atom. The number of ether oxygens (including phenoxy) is 1. The highest BCUT2D eigenvalue weighted by atomic mass is 32.1. The zero-order chi connectivity index (χ0) is 14.1. The van der Waals surface area contributed by atoms with Crippen LogP contribution in [0.1, 0.15) is 0 Å². The first-order valence-corrected chi connectivity index (χ1v) is 7.86. The summed E-state index contributed by atoms with van der Waals surface area (Å²) >= 11 is 1.76. The van der Waals surface area contributed by atoms with Crippen LogP contribution in [0, 0.1) is 0 Å². The van der Waals surface area contributed by atoms with Crippen LogP contribution in [-0.4, -0.2) is 36.3 Å². The third-order valence-electron chi connectivity index (χ3n) is 3.66. The molecule has 5 heteroatoms. The summed E-state index contributed by atoms with van der Waals surface area (Å²) in [6.45, 7) is 3.32. The first-order chi connectivity index (χ1) is 10.4. The summed E-state index contributed by atoms with van der Waals surface area (Å²) in [5, 5.41) is 0. The molecule has 1 saturated heterocycles. The van der Waals surface area contributed by atoms with Gasteiger partial charge in [-0.2, -0.15) is 0 Å². The summed E-state index contributed by atoms with van der Waals surface area (Å²) in [5.74, 6) is 1.04. The molecule has 1 aromatic carbocycles. The lowest BCUT2D eigenvalue weighted by atomic mass is 10.2. The van der Waals surface area contributed by atoms with Gasteiger partial charge in [0.15, 0.2) is 0 Å². The molecule has 4 nitrogen and oxygen atoms in total. The minimum absolute atomic E-state index is 0.766. The Morgan fingerprint density at radius 1 is 1.05 bits per heavy atom. The van der Waals surface area contributed by atoms with E-state index >= 15 is 0 Å². The van der Waals surface area contributed by atoms with Crippen LogP contribution in [-0.2, 0) is 4.74 Å². The molecule has 0 bridgehead atoms. The van der Waals surface area contributed by atoms with Crippen molar-refractivity contribution in [1.82, 2.24) is 9.97 Å². The van der Waals surface area contributed by atoms with Gasteiger partial charge in [0, 0.05) is 18.0 Å². The number of morpholine rings is 1. The molecule has 1 aliphatic rings. The first-order valence-electron chi connectivity index (χ1n) is 7.04. The van der Waals surface area contributed by atoms with Crippen molar-refractivity contribution in [3.8, 4) is 10.4 Å². The molecular weight excluding hydrogens is 282 g/mol. The van der Waals surface area contributed by atoms with Gasteiger partial charge in [-0.15, -0.1) is 11.3 Å². The highest BCUT2D eigenvalue weighted by Crippen LogP contribution is 2.36. The second kappa shape index (κ2) is 5.42.